The molecule has 1 aromatic carbocycles. The predicted molar refractivity (Wildman–Crippen MR) is 83.7 cm³/mol. The Balaban J connectivity index is 1.87. The summed E-state index contributed by atoms with van der Waals surface area (Å²) in [4.78, 5) is 2.46. The Morgan fingerprint density at radius 3 is 2.76 bits per heavy atom. The highest BCUT2D eigenvalue weighted by Crippen LogP contribution is 2.28. The molecule has 0 spiro atoms. The van der Waals surface area contributed by atoms with Crippen LogP contribution in [0.3, 0.4) is 0 Å². The monoisotopic (exact) mass is 294 g/mol. The van der Waals surface area contributed by atoms with Crippen LogP contribution < -0.4 is 5.73 Å². The fraction of sp³-hybridized carbons (Fsp3) is 0.647. The third kappa shape index (κ3) is 4.77. The maximum absolute atomic E-state index is 13.4. The van der Waals surface area contributed by atoms with Gasteiger partial charge in [-0.3, -0.25) is 4.90 Å². The molecule has 0 aromatic heterocycles. The van der Waals surface area contributed by atoms with E-state index in [1.54, 1.807) is 12.1 Å². The summed E-state index contributed by atoms with van der Waals surface area (Å²) in [6.07, 6.45) is 4.40. The molecule has 1 aliphatic heterocycles. The van der Waals surface area contributed by atoms with Crippen molar-refractivity contribution >= 4 is 0 Å². The van der Waals surface area contributed by atoms with Crippen molar-refractivity contribution in [2.45, 2.75) is 44.8 Å². The largest absolute Gasteiger partial charge is 0.378 e. The number of hydrogen-bond acceptors (Lipinski definition) is 3. The first-order valence-electron chi connectivity index (χ1n) is 8.05. The van der Waals surface area contributed by atoms with E-state index >= 15 is 0 Å². The minimum absolute atomic E-state index is 0.147. The van der Waals surface area contributed by atoms with Gasteiger partial charge in [0.25, 0.3) is 0 Å². The number of nitrogens with zero attached hydrogens (tertiary/aromatic N) is 1. The molecule has 0 radical (unpaired) electrons. The van der Waals surface area contributed by atoms with Gasteiger partial charge in [0.05, 0.1) is 6.10 Å². The van der Waals surface area contributed by atoms with E-state index < -0.39 is 0 Å². The molecule has 1 fully saturated rings. The highest BCUT2D eigenvalue weighted by molar-refractivity contribution is 5.20. The maximum Gasteiger partial charge on any atom is 0.123 e. The molecule has 1 unspecified atom stereocenters. The topological polar surface area (TPSA) is 38.5 Å². The molecule has 2 rings (SSSR count). The maximum atomic E-state index is 13.4. The van der Waals surface area contributed by atoms with Crippen LogP contribution in [-0.4, -0.2) is 37.2 Å². The summed E-state index contributed by atoms with van der Waals surface area (Å²) in [7, 11) is 0. The van der Waals surface area contributed by atoms with Crippen LogP contribution in [0.25, 0.3) is 0 Å². The Hall–Kier alpha value is -0.970. The zero-order valence-electron chi connectivity index (χ0n) is 12.9. The van der Waals surface area contributed by atoms with Crippen molar-refractivity contribution in [2.24, 2.45) is 5.73 Å². The summed E-state index contributed by atoms with van der Waals surface area (Å²) >= 11 is 0. The summed E-state index contributed by atoms with van der Waals surface area (Å²) in [6, 6.07) is 7.31. The number of piperidine rings is 1. The molecule has 1 saturated heterocycles. The van der Waals surface area contributed by atoms with E-state index in [0.29, 0.717) is 18.7 Å². The molecule has 1 aromatic rings. The normalized spacial score (nSPS) is 18.8. The van der Waals surface area contributed by atoms with E-state index in [1.807, 2.05) is 6.07 Å². The number of nitrogens with two attached hydrogens (primary N) is 1. The average Bonchev–Trinajstić information content (AvgIpc) is 2.50. The van der Waals surface area contributed by atoms with Gasteiger partial charge in [-0.1, -0.05) is 19.1 Å². The van der Waals surface area contributed by atoms with Gasteiger partial charge >= 0.3 is 0 Å². The Bertz CT molecular complexity index is 419. The van der Waals surface area contributed by atoms with Crippen LogP contribution >= 0.6 is 0 Å². The quantitative estimate of drug-likeness (QED) is 0.785. The van der Waals surface area contributed by atoms with Gasteiger partial charge in [0.2, 0.25) is 0 Å². The predicted octanol–water partition coefficient (Wildman–Crippen LogP) is 3.11. The van der Waals surface area contributed by atoms with Crippen LogP contribution in [0, 0.1) is 5.82 Å². The van der Waals surface area contributed by atoms with E-state index in [-0.39, 0.29) is 5.82 Å². The van der Waals surface area contributed by atoms with E-state index in [0.717, 1.165) is 50.9 Å². The first kappa shape index (κ1) is 16.4. The van der Waals surface area contributed by atoms with E-state index in [1.165, 1.54) is 6.07 Å². The first-order valence-corrected chi connectivity index (χ1v) is 8.05. The average molecular weight is 294 g/mol. The van der Waals surface area contributed by atoms with E-state index in [4.69, 9.17) is 10.5 Å². The third-order valence-corrected chi connectivity index (χ3v) is 4.24. The number of ether oxygens (including phenoxy) is 1. The lowest BCUT2D eigenvalue weighted by molar-refractivity contribution is -0.00298. The van der Waals surface area contributed by atoms with Gasteiger partial charge in [-0.15, -0.1) is 0 Å². The number of halogens is 1. The van der Waals surface area contributed by atoms with E-state index in [2.05, 4.69) is 11.8 Å². The summed E-state index contributed by atoms with van der Waals surface area (Å²) in [5, 5.41) is 0. The molecule has 3 nitrogen and oxygen atoms in total. The van der Waals surface area contributed by atoms with Gasteiger partial charge in [-0.05, 0) is 49.9 Å². The Labute approximate surface area is 127 Å². The van der Waals surface area contributed by atoms with Crippen molar-refractivity contribution in [2.75, 3.05) is 26.2 Å². The van der Waals surface area contributed by atoms with Crippen molar-refractivity contribution in [3.63, 3.8) is 0 Å². The summed E-state index contributed by atoms with van der Waals surface area (Å²) in [6.45, 7) is 5.66. The Morgan fingerprint density at radius 1 is 1.38 bits per heavy atom. The van der Waals surface area contributed by atoms with E-state index in [9.17, 15) is 4.39 Å². The van der Waals surface area contributed by atoms with Gasteiger partial charge in [0.1, 0.15) is 5.82 Å². The second-order valence-corrected chi connectivity index (χ2v) is 5.73. The zero-order chi connectivity index (χ0) is 15.1. The molecule has 118 valence electrons. The molecule has 21 heavy (non-hydrogen) atoms. The standard InChI is InChI=1S/C17H27FN2O/c1-2-17(14-5-3-6-15(18)13-14)20-10-7-16(8-11-20)21-12-4-9-19/h3,5-6,13,16-17H,2,4,7-12,19H2,1H3. The second-order valence-electron chi connectivity index (χ2n) is 5.73. The van der Waals surface area contributed by atoms with Crippen LogP contribution in [0.2, 0.25) is 0 Å². The lowest BCUT2D eigenvalue weighted by atomic mass is 9.98. The van der Waals surface area contributed by atoms with Crippen LogP contribution in [-0.2, 0) is 4.74 Å². The smallest absolute Gasteiger partial charge is 0.123 e. The zero-order valence-corrected chi connectivity index (χ0v) is 12.9. The molecule has 4 heteroatoms. The molecule has 1 atom stereocenters. The van der Waals surface area contributed by atoms with Crippen molar-refractivity contribution < 1.29 is 9.13 Å². The highest BCUT2D eigenvalue weighted by atomic mass is 19.1. The summed E-state index contributed by atoms with van der Waals surface area (Å²) in [5.41, 5.74) is 6.57. The lowest BCUT2D eigenvalue weighted by Crippen LogP contribution is -2.39. The van der Waals surface area contributed by atoms with Crippen molar-refractivity contribution in [3.8, 4) is 0 Å². The first-order chi connectivity index (χ1) is 10.2. The number of likely N-dealkylation sites (tertiary alicyclic amines) is 1. The molecule has 0 bridgehead atoms. The molecular weight excluding hydrogens is 267 g/mol. The van der Waals surface area contributed by atoms with Gasteiger partial charge in [0, 0.05) is 25.7 Å². The third-order valence-electron chi connectivity index (χ3n) is 4.24. The fourth-order valence-electron chi connectivity index (χ4n) is 3.11. The van der Waals surface area contributed by atoms with Gasteiger partial charge in [-0.25, -0.2) is 4.39 Å². The van der Waals surface area contributed by atoms with Crippen LogP contribution in [0.15, 0.2) is 24.3 Å². The van der Waals surface area contributed by atoms with Crippen LogP contribution in [0.4, 0.5) is 4.39 Å². The molecule has 2 N–H and O–H groups in total. The molecular formula is C17H27FN2O. The lowest BCUT2D eigenvalue weighted by Gasteiger charge is -2.37. The SMILES string of the molecule is CCC(c1cccc(F)c1)N1CCC(OCCCN)CC1. The summed E-state index contributed by atoms with van der Waals surface area (Å²) < 4.78 is 19.3. The molecule has 1 aliphatic rings. The highest BCUT2D eigenvalue weighted by Gasteiger charge is 2.25. The second kappa shape index (κ2) is 8.47. The minimum atomic E-state index is -0.147. The fourth-order valence-corrected chi connectivity index (χ4v) is 3.11. The van der Waals surface area contributed by atoms with Gasteiger partial charge < -0.3 is 10.5 Å². The number of rotatable bonds is 7. The Morgan fingerprint density at radius 2 is 2.14 bits per heavy atom. The van der Waals surface area contributed by atoms with Gasteiger partial charge in [0.15, 0.2) is 0 Å². The molecule has 1 heterocycles. The van der Waals surface area contributed by atoms with Crippen molar-refractivity contribution in [1.82, 2.24) is 4.90 Å². The van der Waals surface area contributed by atoms with Crippen LogP contribution in [0.1, 0.15) is 44.2 Å². The number of benzene rings is 1. The molecule has 0 amide bonds. The molecule has 0 aliphatic carbocycles. The summed E-state index contributed by atoms with van der Waals surface area (Å²) in [5.74, 6) is -0.147. The van der Waals surface area contributed by atoms with Crippen LogP contribution in [0.5, 0.6) is 0 Å². The molecule has 0 saturated carbocycles. The Kier molecular flexibility index (Phi) is 6.61. The van der Waals surface area contributed by atoms with Gasteiger partial charge in [-0.2, -0.15) is 0 Å². The van der Waals surface area contributed by atoms with Crippen molar-refractivity contribution in [1.29, 1.82) is 0 Å². The minimum Gasteiger partial charge on any atom is -0.378 e. The van der Waals surface area contributed by atoms with Crippen molar-refractivity contribution in [3.05, 3.63) is 35.6 Å². The number of hydrogen-bond donors (Lipinski definition) is 1.